The number of pyridine rings is 1. The molecule has 2 amide bonds. The smallest absolute Gasteiger partial charge is 0.410 e. The number of nitrogens with one attached hydrogen (secondary N) is 1. The first-order valence-corrected chi connectivity index (χ1v) is 12.6. The molecule has 3 atom stereocenters. The van der Waals surface area contributed by atoms with Crippen molar-refractivity contribution in [2.75, 3.05) is 24.6 Å². The predicted molar refractivity (Wildman–Crippen MR) is 134 cm³/mol. The van der Waals surface area contributed by atoms with E-state index in [2.05, 4.69) is 10.2 Å². The fourth-order valence-electron chi connectivity index (χ4n) is 5.16. The van der Waals surface area contributed by atoms with Crippen LogP contribution in [0, 0.1) is 0 Å². The molecule has 192 valence electrons. The minimum atomic E-state index is -0.504. The van der Waals surface area contributed by atoms with Gasteiger partial charge in [-0.05, 0) is 39.2 Å². The van der Waals surface area contributed by atoms with Gasteiger partial charge in [0.1, 0.15) is 30.4 Å². The van der Waals surface area contributed by atoms with Crippen molar-refractivity contribution in [1.82, 2.24) is 15.2 Å². The zero-order valence-electron chi connectivity index (χ0n) is 21.1. The molecule has 0 radical (unpaired) electrons. The van der Waals surface area contributed by atoms with Gasteiger partial charge in [-0.15, -0.1) is 0 Å². The predicted octanol–water partition coefficient (Wildman–Crippen LogP) is 3.90. The van der Waals surface area contributed by atoms with Crippen LogP contribution in [-0.2, 0) is 22.5 Å². The zero-order chi connectivity index (χ0) is 25.3. The highest BCUT2D eigenvalue weighted by Gasteiger charge is 2.44. The van der Waals surface area contributed by atoms with Gasteiger partial charge in [0.15, 0.2) is 0 Å². The molecule has 3 aliphatic heterocycles. The lowest BCUT2D eigenvalue weighted by atomic mass is 10.0. The summed E-state index contributed by atoms with van der Waals surface area (Å²) in [6.45, 7) is 7.73. The highest BCUT2D eigenvalue weighted by molar-refractivity contribution is 5.70. The number of aromatic nitrogens is 1. The summed E-state index contributed by atoms with van der Waals surface area (Å²) in [5.41, 5.74) is 1.39. The third-order valence-corrected chi connectivity index (χ3v) is 6.78. The molecule has 0 aliphatic carbocycles. The van der Waals surface area contributed by atoms with Gasteiger partial charge in [-0.25, -0.2) is 14.6 Å². The molecule has 0 spiro atoms. The first kappa shape index (κ1) is 24.2. The van der Waals surface area contributed by atoms with E-state index in [0.717, 1.165) is 48.6 Å². The molecule has 9 heteroatoms. The Morgan fingerprint density at radius 2 is 1.86 bits per heavy atom. The standard InChI is InChI=1S/C27H34N4O5/c1-27(2,3)36-26(33)31-21-9-10-22(31)15-30(14-21)24-12-23-19(13-28-24)11-20(17-34-23)29-25(32)35-16-18-7-5-4-6-8-18/h4-8,12-13,20-22H,9-11,14-17H2,1-3H3,(H,29,32). The zero-order valence-corrected chi connectivity index (χ0v) is 21.1. The highest BCUT2D eigenvalue weighted by atomic mass is 16.6. The number of fused-ring (bicyclic) bond motifs is 3. The van der Waals surface area contributed by atoms with Crippen LogP contribution < -0.4 is 15.0 Å². The van der Waals surface area contributed by atoms with Crippen LogP contribution in [0.3, 0.4) is 0 Å². The van der Waals surface area contributed by atoms with Crippen molar-refractivity contribution >= 4 is 18.0 Å². The summed E-state index contributed by atoms with van der Waals surface area (Å²) in [7, 11) is 0. The number of hydrogen-bond donors (Lipinski definition) is 1. The highest BCUT2D eigenvalue weighted by Crippen LogP contribution is 2.35. The second kappa shape index (κ2) is 9.87. The number of rotatable bonds is 4. The van der Waals surface area contributed by atoms with Crippen LogP contribution in [-0.4, -0.2) is 65.5 Å². The Morgan fingerprint density at radius 1 is 1.14 bits per heavy atom. The number of benzene rings is 1. The Bertz CT molecular complexity index is 1090. The first-order chi connectivity index (χ1) is 17.2. The summed E-state index contributed by atoms with van der Waals surface area (Å²) >= 11 is 0. The maximum absolute atomic E-state index is 12.7. The van der Waals surface area contributed by atoms with E-state index in [0.29, 0.717) is 13.0 Å². The van der Waals surface area contributed by atoms with E-state index in [1.807, 2.05) is 68.3 Å². The number of alkyl carbamates (subject to hydrolysis) is 1. The number of nitrogens with zero attached hydrogens (tertiary/aromatic N) is 3. The van der Waals surface area contributed by atoms with Gasteiger partial charge in [-0.1, -0.05) is 30.3 Å². The molecule has 1 aromatic carbocycles. The summed E-state index contributed by atoms with van der Waals surface area (Å²) < 4.78 is 17.0. The normalized spacial score (nSPS) is 22.9. The molecule has 3 unspecified atom stereocenters. The SMILES string of the molecule is CC(C)(C)OC(=O)N1C2CCC1CN(c1cc3c(cn1)CC(NC(=O)OCc1ccccc1)CO3)C2. The Morgan fingerprint density at radius 3 is 2.56 bits per heavy atom. The van der Waals surface area contributed by atoms with Crippen LogP contribution in [0.5, 0.6) is 5.75 Å². The monoisotopic (exact) mass is 494 g/mol. The van der Waals surface area contributed by atoms with Crippen LogP contribution in [0.2, 0.25) is 0 Å². The van der Waals surface area contributed by atoms with Crippen molar-refractivity contribution in [3.05, 3.63) is 53.7 Å². The van der Waals surface area contributed by atoms with Gasteiger partial charge in [0, 0.05) is 37.3 Å². The Kier molecular flexibility index (Phi) is 6.64. The van der Waals surface area contributed by atoms with E-state index in [9.17, 15) is 9.59 Å². The van der Waals surface area contributed by atoms with Crippen molar-refractivity contribution in [2.45, 2.75) is 70.4 Å². The lowest BCUT2D eigenvalue weighted by Gasteiger charge is -2.42. The molecule has 5 rings (SSSR count). The maximum atomic E-state index is 12.7. The van der Waals surface area contributed by atoms with E-state index >= 15 is 0 Å². The second-order valence-electron chi connectivity index (χ2n) is 10.7. The molecule has 1 aromatic heterocycles. The molecule has 9 nitrogen and oxygen atoms in total. The Hall–Kier alpha value is -3.49. The summed E-state index contributed by atoms with van der Waals surface area (Å²) in [5, 5.41) is 2.89. The number of anilines is 1. The Labute approximate surface area is 211 Å². The van der Waals surface area contributed by atoms with E-state index in [1.54, 1.807) is 0 Å². The van der Waals surface area contributed by atoms with Gasteiger partial charge in [-0.3, -0.25) is 4.90 Å². The molecule has 2 saturated heterocycles. The summed E-state index contributed by atoms with van der Waals surface area (Å²) in [6.07, 6.45) is 3.71. The lowest BCUT2D eigenvalue weighted by Crippen LogP contribution is -2.57. The van der Waals surface area contributed by atoms with Crippen molar-refractivity contribution in [1.29, 1.82) is 0 Å². The molecule has 1 N–H and O–H groups in total. The Balaban J connectivity index is 1.16. The van der Waals surface area contributed by atoms with E-state index < -0.39 is 11.7 Å². The molecule has 2 aromatic rings. The quantitative estimate of drug-likeness (QED) is 0.689. The molecule has 2 fully saturated rings. The molecular weight excluding hydrogens is 460 g/mol. The number of piperazine rings is 1. The summed E-state index contributed by atoms with van der Waals surface area (Å²) in [6, 6.07) is 11.6. The maximum Gasteiger partial charge on any atom is 0.410 e. The van der Waals surface area contributed by atoms with E-state index in [-0.39, 0.29) is 30.8 Å². The van der Waals surface area contributed by atoms with Crippen molar-refractivity contribution in [2.24, 2.45) is 0 Å². The lowest BCUT2D eigenvalue weighted by molar-refractivity contribution is 0.0122. The average Bonchev–Trinajstić information content (AvgIpc) is 3.12. The van der Waals surface area contributed by atoms with Gasteiger partial charge in [0.05, 0.1) is 18.1 Å². The third-order valence-electron chi connectivity index (χ3n) is 6.78. The number of ether oxygens (including phenoxy) is 3. The number of carbonyl (C=O) groups excluding carboxylic acids is 2. The molecule has 36 heavy (non-hydrogen) atoms. The fourth-order valence-corrected chi connectivity index (χ4v) is 5.16. The molecule has 4 heterocycles. The summed E-state index contributed by atoms with van der Waals surface area (Å²) in [5.74, 6) is 1.64. The van der Waals surface area contributed by atoms with E-state index in [1.165, 1.54) is 0 Å². The minimum Gasteiger partial charge on any atom is -0.491 e. The van der Waals surface area contributed by atoms with Gasteiger partial charge in [0.2, 0.25) is 0 Å². The van der Waals surface area contributed by atoms with Crippen molar-refractivity contribution < 1.29 is 23.8 Å². The van der Waals surface area contributed by atoms with Crippen LogP contribution >= 0.6 is 0 Å². The van der Waals surface area contributed by atoms with Gasteiger partial charge in [0.25, 0.3) is 0 Å². The molecule has 3 aliphatic rings. The topological polar surface area (TPSA) is 93.2 Å². The first-order valence-electron chi connectivity index (χ1n) is 12.6. The van der Waals surface area contributed by atoms with Gasteiger partial charge >= 0.3 is 12.2 Å². The van der Waals surface area contributed by atoms with Crippen LogP contribution in [0.4, 0.5) is 15.4 Å². The van der Waals surface area contributed by atoms with Crippen molar-refractivity contribution in [3.8, 4) is 5.75 Å². The largest absolute Gasteiger partial charge is 0.491 e. The number of carbonyl (C=O) groups is 2. The second-order valence-corrected chi connectivity index (χ2v) is 10.7. The average molecular weight is 495 g/mol. The van der Waals surface area contributed by atoms with Crippen molar-refractivity contribution in [3.63, 3.8) is 0 Å². The van der Waals surface area contributed by atoms with Gasteiger partial charge < -0.3 is 24.4 Å². The third kappa shape index (κ3) is 5.50. The molecule has 2 bridgehead atoms. The van der Waals surface area contributed by atoms with Crippen LogP contribution in [0.25, 0.3) is 0 Å². The van der Waals surface area contributed by atoms with E-state index in [4.69, 9.17) is 19.2 Å². The summed E-state index contributed by atoms with van der Waals surface area (Å²) in [4.78, 5) is 33.8. The van der Waals surface area contributed by atoms with Gasteiger partial charge in [-0.2, -0.15) is 0 Å². The fraction of sp³-hybridized carbons (Fsp3) is 0.519. The van der Waals surface area contributed by atoms with Crippen LogP contribution in [0.15, 0.2) is 42.6 Å². The van der Waals surface area contributed by atoms with Crippen LogP contribution in [0.1, 0.15) is 44.7 Å². The molecule has 0 saturated carbocycles. The number of amides is 2. The number of hydrogen-bond acceptors (Lipinski definition) is 7. The molecular formula is C27H34N4O5. The minimum absolute atomic E-state index is 0.118.